The normalized spacial score (nSPS) is 18.4. The molecule has 1 unspecified atom stereocenters. The molecule has 17 heavy (non-hydrogen) atoms. The van der Waals surface area contributed by atoms with Gasteiger partial charge in [0.2, 0.25) is 0 Å². The van der Waals surface area contributed by atoms with E-state index in [0.717, 1.165) is 0 Å². The third kappa shape index (κ3) is 2.12. The van der Waals surface area contributed by atoms with Gasteiger partial charge >= 0.3 is 0 Å². The second-order valence-corrected chi connectivity index (χ2v) is 4.04. The first-order valence-corrected chi connectivity index (χ1v) is 5.69. The van der Waals surface area contributed by atoms with Gasteiger partial charge in [-0.2, -0.15) is 0 Å². The predicted molar refractivity (Wildman–Crippen MR) is 67.3 cm³/mol. The lowest BCUT2D eigenvalue weighted by Gasteiger charge is -2.24. The maximum absolute atomic E-state index is 4.14. The van der Waals surface area contributed by atoms with E-state index in [1.54, 1.807) is 0 Å². The van der Waals surface area contributed by atoms with Crippen molar-refractivity contribution in [1.82, 2.24) is 9.55 Å². The fourth-order valence-electron chi connectivity index (χ4n) is 2.17. The zero-order valence-electron chi connectivity index (χ0n) is 9.40. The number of hydrogen-bond donors (Lipinski definition) is 0. The van der Waals surface area contributed by atoms with Gasteiger partial charge in [0.15, 0.2) is 0 Å². The Hall–Kier alpha value is -1.57. The molecule has 0 spiro atoms. The van der Waals surface area contributed by atoms with Gasteiger partial charge in [-0.15, -0.1) is 0 Å². The fourth-order valence-corrected chi connectivity index (χ4v) is 2.17. The van der Waals surface area contributed by atoms with E-state index >= 15 is 0 Å². The van der Waals surface area contributed by atoms with Gasteiger partial charge in [0.25, 0.3) is 0 Å². The quantitative estimate of drug-likeness (QED) is 0.779. The van der Waals surface area contributed by atoms with Gasteiger partial charge < -0.3 is 4.57 Å². The molecular weight excluding hydrogens is 208 g/mol. The Morgan fingerprint density at radius 3 is 2.41 bits per heavy atom. The Kier molecular flexibility index (Phi) is 2.95. The fraction of sp³-hybridized carbons (Fsp3) is 0.0667. The largest absolute Gasteiger partial charge is 0.329 e. The highest BCUT2D eigenvalue weighted by Gasteiger charge is 2.28. The van der Waals surface area contributed by atoms with Crippen molar-refractivity contribution in [3.05, 3.63) is 86.2 Å². The van der Waals surface area contributed by atoms with Crippen LogP contribution in [0.25, 0.3) is 0 Å². The van der Waals surface area contributed by atoms with E-state index in [0.29, 0.717) is 0 Å². The van der Waals surface area contributed by atoms with Gasteiger partial charge in [-0.25, -0.2) is 4.98 Å². The average molecular weight is 221 g/mol. The molecule has 1 heterocycles. The first-order valence-electron chi connectivity index (χ1n) is 5.69. The van der Waals surface area contributed by atoms with Crippen LogP contribution in [-0.4, -0.2) is 9.55 Å². The van der Waals surface area contributed by atoms with E-state index in [1.165, 1.54) is 11.5 Å². The van der Waals surface area contributed by atoms with Gasteiger partial charge in [-0.1, -0.05) is 30.3 Å². The van der Waals surface area contributed by atoms with Crippen molar-refractivity contribution >= 4 is 0 Å². The molecule has 1 aliphatic carbocycles. The minimum Gasteiger partial charge on any atom is -0.329 e. The molecule has 5 radical (unpaired) electrons. The van der Waals surface area contributed by atoms with E-state index in [2.05, 4.69) is 59.5 Å². The van der Waals surface area contributed by atoms with E-state index in [1.807, 2.05) is 24.8 Å². The zero-order valence-corrected chi connectivity index (χ0v) is 9.40. The van der Waals surface area contributed by atoms with E-state index in [-0.39, 0.29) is 6.04 Å². The van der Waals surface area contributed by atoms with Crippen LogP contribution in [0.1, 0.15) is 11.6 Å². The third-order valence-corrected chi connectivity index (χ3v) is 2.94. The van der Waals surface area contributed by atoms with Crippen molar-refractivity contribution in [3.63, 3.8) is 0 Å². The summed E-state index contributed by atoms with van der Waals surface area (Å²) in [4.78, 5) is 4.14. The highest BCUT2D eigenvalue weighted by atomic mass is 15.1. The van der Waals surface area contributed by atoms with Crippen LogP contribution < -0.4 is 0 Å². The summed E-state index contributed by atoms with van der Waals surface area (Å²) < 4.78 is 2.13. The van der Waals surface area contributed by atoms with Crippen molar-refractivity contribution in [2.45, 2.75) is 6.04 Å². The maximum atomic E-state index is 4.14. The standard InChI is InChI=1S/C15H13N2/c1-2-6-13(7-3-1)15(14-8-4-5-9-14)17-11-10-16-12-17/h1-12,15H. The average Bonchev–Trinajstić information content (AvgIpc) is 3.04. The predicted octanol–water partition coefficient (Wildman–Crippen LogP) is 2.88. The molecule has 0 saturated heterocycles. The van der Waals surface area contributed by atoms with E-state index in [4.69, 9.17) is 0 Å². The summed E-state index contributed by atoms with van der Waals surface area (Å²) in [6.45, 7) is 0. The Labute approximate surface area is 102 Å². The summed E-state index contributed by atoms with van der Waals surface area (Å²) in [7, 11) is 0. The Morgan fingerprint density at radius 1 is 1.00 bits per heavy atom. The van der Waals surface area contributed by atoms with Crippen molar-refractivity contribution < 1.29 is 0 Å². The van der Waals surface area contributed by atoms with Crippen molar-refractivity contribution in [2.75, 3.05) is 0 Å². The van der Waals surface area contributed by atoms with Crippen molar-refractivity contribution in [1.29, 1.82) is 0 Å². The minimum atomic E-state index is 0.216. The lowest BCUT2D eigenvalue weighted by molar-refractivity contribution is 0.626. The van der Waals surface area contributed by atoms with Crippen LogP contribution >= 0.6 is 0 Å². The summed E-state index contributed by atoms with van der Waals surface area (Å²) in [5.74, 6) is 1.29. The highest BCUT2D eigenvalue weighted by molar-refractivity contribution is 5.43. The van der Waals surface area contributed by atoms with Gasteiger partial charge in [0, 0.05) is 18.3 Å². The Balaban J connectivity index is 1.96. The lowest BCUT2D eigenvalue weighted by atomic mass is 9.91. The molecular formula is C15H13N2. The molecule has 83 valence electrons. The molecule has 1 aromatic heterocycles. The monoisotopic (exact) mass is 221 g/mol. The number of rotatable bonds is 3. The van der Waals surface area contributed by atoms with Crippen LogP contribution in [0.15, 0.2) is 49.1 Å². The van der Waals surface area contributed by atoms with Crippen molar-refractivity contribution in [2.24, 2.45) is 0 Å². The molecule has 2 aromatic rings. The van der Waals surface area contributed by atoms with Gasteiger partial charge in [0.1, 0.15) is 0 Å². The van der Waals surface area contributed by atoms with Gasteiger partial charge in [0.05, 0.1) is 12.4 Å². The summed E-state index contributed by atoms with van der Waals surface area (Å²) in [5.41, 5.74) is 1.27. The second kappa shape index (κ2) is 4.74. The number of hydrogen-bond acceptors (Lipinski definition) is 1. The topological polar surface area (TPSA) is 17.8 Å². The maximum Gasteiger partial charge on any atom is 0.0951 e. The molecule has 2 heteroatoms. The second-order valence-electron chi connectivity index (χ2n) is 4.04. The first-order chi connectivity index (χ1) is 8.45. The van der Waals surface area contributed by atoms with Crippen LogP contribution in [0.3, 0.4) is 0 Å². The summed E-state index contributed by atoms with van der Waals surface area (Å²) in [5, 5.41) is 0. The molecule has 0 bridgehead atoms. The summed E-state index contributed by atoms with van der Waals surface area (Å²) in [6, 6.07) is 10.7. The zero-order chi connectivity index (χ0) is 11.5. The van der Waals surface area contributed by atoms with Crippen molar-refractivity contribution in [3.8, 4) is 0 Å². The molecule has 1 fully saturated rings. The van der Waals surface area contributed by atoms with Crippen LogP contribution in [0.2, 0.25) is 0 Å². The molecule has 0 N–H and O–H groups in total. The molecule has 3 rings (SSSR count). The van der Waals surface area contributed by atoms with Crippen LogP contribution in [0, 0.1) is 31.6 Å². The van der Waals surface area contributed by atoms with Crippen LogP contribution in [0.5, 0.6) is 0 Å². The Bertz CT molecular complexity index is 441. The molecule has 2 nitrogen and oxygen atoms in total. The minimum absolute atomic E-state index is 0.216. The number of benzene rings is 1. The molecule has 0 amide bonds. The number of aromatic nitrogens is 2. The molecule has 1 aliphatic rings. The van der Waals surface area contributed by atoms with Crippen LogP contribution in [0.4, 0.5) is 0 Å². The lowest BCUT2D eigenvalue weighted by Crippen LogP contribution is -2.16. The number of imidazole rings is 1. The Morgan fingerprint density at radius 2 is 1.76 bits per heavy atom. The van der Waals surface area contributed by atoms with Crippen LogP contribution in [-0.2, 0) is 0 Å². The first kappa shape index (κ1) is 10.6. The van der Waals surface area contributed by atoms with E-state index in [9.17, 15) is 0 Å². The number of nitrogens with zero attached hydrogens (tertiary/aromatic N) is 2. The molecule has 1 saturated carbocycles. The summed E-state index contributed by atoms with van der Waals surface area (Å²) >= 11 is 0. The van der Waals surface area contributed by atoms with Gasteiger partial charge in [-0.3, -0.25) is 0 Å². The highest BCUT2D eigenvalue weighted by Crippen LogP contribution is 2.37. The summed E-state index contributed by atoms with van der Waals surface area (Å²) in [6.07, 6.45) is 14.1. The molecule has 0 aliphatic heterocycles. The molecule has 1 atom stereocenters. The third-order valence-electron chi connectivity index (χ3n) is 2.94. The molecule has 1 aromatic carbocycles. The SMILES string of the molecule is [CH]1[CH][CH][C](C(c2ccccc2)n2ccnc2)[CH]1. The van der Waals surface area contributed by atoms with E-state index < -0.39 is 0 Å². The van der Waals surface area contributed by atoms with Gasteiger partial charge in [-0.05, 0) is 31.2 Å². The smallest absolute Gasteiger partial charge is 0.0951 e.